The molecule has 284 valence electrons. The van der Waals surface area contributed by atoms with E-state index in [2.05, 4.69) is 20.2 Å². The Balaban J connectivity index is 1.11. The Bertz CT molecular complexity index is 1880. The van der Waals surface area contributed by atoms with Crippen molar-refractivity contribution in [3.63, 3.8) is 0 Å². The summed E-state index contributed by atoms with van der Waals surface area (Å²) in [5, 5.41) is 3.23. The number of ether oxygens (including phenoxy) is 3. The van der Waals surface area contributed by atoms with Crippen molar-refractivity contribution in [1.82, 2.24) is 19.8 Å². The quantitative estimate of drug-likeness (QED) is 0.0970. The number of fused-ring (bicyclic) bond motifs is 1. The summed E-state index contributed by atoms with van der Waals surface area (Å²) in [4.78, 5) is 37.2. The number of H-pyrrole nitrogens is 1. The number of imidazole rings is 1. The van der Waals surface area contributed by atoms with E-state index in [0.29, 0.717) is 61.1 Å². The van der Waals surface area contributed by atoms with Gasteiger partial charge in [-0.3, -0.25) is 15.0 Å². The van der Waals surface area contributed by atoms with E-state index in [1.807, 2.05) is 45.0 Å². The fraction of sp³-hybridized carbons (Fsp3) is 0.395. The van der Waals surface area contributed by atoms with Crippen LogP contribution in [-0.4, -0.2) is 89.9 Å². The minimum absolute atomic E-state index is 0.0541. The first-order valence-corrected chi connectivity index (χ1v) is 17.6. The van der Waals surface area contributed by atoms with E-state index in [0.717, 1.165) is 37.3 Å². The number of piperazine rings is 1. The maximum absolute atomic E-state index is 13.6. The Morgan fingerprint density at radius 3 is 2.30 bits per heavy atom. The molecule has 11 nitrogen and oxygen atoms in total. The van der Waals surface area contributed by atoms with E-state index in [1.165, 1.54) is 12.1 Å². The molecule has 0 radical (unpaired) electrons. The number of carbonyl (C=O) groups is 2. The van der Waals surface area contributed by atoms with Crippen LogP contribution in [0.15, 0.2) is 72.3 Å². The minimum atomic E-state index is -4.51. The van der Waals surface area contributed by atoms with Gasteiger partial charge in [0.1, 0.15) is 18.0 Å². The molecule has 15 heteroatoms. The number of aromatic nitrogens is 2. The van der Waals surface area contributed by atoms with Gasteiger partial charge in [-0.05, 0) is 87.2 Å². The minimum Gasteiger partial charge on any atom is -0.491 e. The van der Waals surface area contributed by atoms with Gasteiger partial charge in [-0.25, -0.2) is 9.78 Å². The molecule has 2 amide bonds. The Hall–Kier alpha value is -4.79. The first kappa shape index (κ1) is 39.4. The number of aromatic amines is 1. The van der Waals surface area contributed by atoms with Gasteiger partial charge in [0.15, 0.2) is 0 Å². The molecule has 1 aliphatic rings. The van der Waals surface area contributed by atoms with Gasteiger partial charge in [0, 0.05) is 49.0 Å². The van der Waals surface area contributed by atoms with Crippen molar-refractivity contribution in [2.24, 2.45) is 5.73 Å². The van der Waals surface area contributed by atoms with Crippen LogP contribution < -0.4 is 15.8 Å². The second kappa shape index (κ2) is 17.4. The van der Waals surface area contributed by atoms with Crippen LogP contribution in [-0.2, 0) is 26.9 Å². The van der Waals surface area contributed by atoms with Crippen LogP contribution in [0.3, 0.4) is 0 Å². The standard InChI is InChI=1S/C38H44ClF3N6O5/c1-37(2,3)53-36(50)48-18-16-47(17-19-48)20-21-51-22-23-52-29-12-4-25(5-13-29)6-14-30(33(43)26-7-9-27(10-8-26)38(40,41)42)34(49)46-35-44-31-15-11-28(39)24-32(31)45-35/h4-5,7-13,15,24H,6,14,16-23,43H2,1-3H3,(H2,44,45,46,49)/b33-30-. The molecule has 2 heterocycles. The molecule has 1 aliphatic heterocycles. The van der Waals surface area contributed by atoms with Gasteiger partial charge in [-0.2, -0.15) is 13.2 Å². The summed E-state index contributed by atoms with van der Waals surface area (Å²) >= 11 is 6.08. The van der Waals surface area contributed by atoms with Crippen molar-refractivity contribution in [3.8, 4) is 5.75 Å². The third kappa shape index (κ3) is 11.6. The Kier molecular flexibility index (Phi) is 12.9. The summed E-state index contributed by atoms with van der Waals surface area (Å²) in [6.45, 7) is 10.4. The maximum Gasteiger partial charge on any atom is 0.416 e. The molecule has 0 bridgehead atoms. The summed E-state index contributed by atoms with van der Waals surface area (Å²) in [6.07, 6.45) is -4.19. The van der Waals surface area contributed by atoms with E-state index in [4.69, 9.17) is 31.5 Å². The molecule has 0 aliphatic carbocycles. The number of rotatable bonds is 13. The largest absolute Gasteiger partial charge is 0.491 e. The Morgan fingerprint density at radius 1 is 0.943 bits per heavy atom. The predicted molar refractivity (Wildman–Crippen MR) is 198 cm³/mol. The monoisotopic (exact) mass is 756 g/mol. The first-order chi connectivity index (χ1) is 25.1. The van der Waals surface area contributed by atoms with E-state index in [-0.39, 0.29) is 35.3 Å². The fourth-order valence-electron chi connectivity index (χ4n) is 5.62. The van der Waals surface area contributed by atoms with Gasteiger partial charge in [-0.1, -0.05) is 35.9 Å². The van der Waals surface area contributed by atoms with E-state index < -0.39 is 23.2 Å². The van der Waals surface area contributed by atoms with Gasteiger partial charge < -0.3 is 29.8 Å². The Morgan fingerprint density at radius 2 is 1.64 bits per heavy atom. The summed E-state index contributed by atoms with van der Waals surface area (Å²) in [5.74, 6) is 0.280. The van der Waals surface area contributed by atoms with Crippen molar-refractivity contribution in [1.29, 1.82) is 0 Å². The van der Waals surface area contributed by atoms with Crippen molar-refractivity contribution >= 4 is 46.3 Å². The number of amides is 2. The van der Waals surface area contributed by atoms with Crippen molar-refractivity contribution in [3.05, 3.63) is 94.0 Å². The number of halogens is 4. The smallest absolute Gasteiger partial charge is 0.416 e. The molecule has 1 saturated heterocycles. The van der Waals surface area contributed by atoms with Crippen molar-refractivity contribution < 1.29 is 37.0 Å². The SMILES string of the molecule is CC(C)(C)OC(=O)N1CCN(CCOCCOc2ccc(CC/C(C(=O)Nc3nc4ccc(Cl)cc4[nH]3)=C(/N)c3ccc(C(F)(F)F)cc3)cc2)CC1. The van der Waals surface area contributed by atoms with Gasteiger partial charge in [0.05, 0.1) is 29.8 Å². The molecule has 5 rings (SSSR count). The van der Waals surface area contributed by atoms with Crippen molar-refractivity contribution in [2.75, 3.05) is 57.9 Å². The summed E-state index contributed by atoms with van der Waals surface area (Å²) < 4.78 is 56.6. The highest BCUT2D eigenvalue weighted by Crippen LogP contribution is 2.30. The molecule has 0 unspecified atom stereocenters. The van der Waals surface area contributed by atoms with Crippen LogP contribution in [0.5, 0.6) is 5.75 Å². The molecule has 3 aromatic carbocycles. The highest BCUT2D eigenvalue weighted by atomic mass is 35.5. The molecule has 0 saturated carbocycles. The van der Waals surface area contributed by atoms with Crippen LogP contribution in [0.25, 0.3) is 16.7 Å². The number of alkyl halides is 3. The third-order valence-corrected chi connectivity index (χ3v) is 8.69. The van der Waals surface area contributed by atoms with Gasteiger partial charge in [0.25, 0.3) is 5.91 Å². The van der Waals surface area contributed by atoms with Gasteiger partial charge in [-0.15, -0.1) is 0 Å². The van der Waals surface area contributed by atoms with E-state index in [1.54, 1.807) is 23.1 Å². The molecule has 0 atom stereocenters. The first-order valence-electron chi connectivity index (χ1n) is 17.3. The number of nitrogens with zero attached hydrogens (tertiary/aromatic N) is 3. The fourth-order valence-corrected chi connectivity index (χ4v) is 5.80. The van der Waals surface area contributed by atoms with Gasteiger partial charge in [0.2, 0.25) is 5.95 Å². The second-order valence-electron chi connectivity index (χ2n) is 13.6. The molecule has 53 heavy (non-hydrogen) atoms. The molecule has 1 fully saturated rings. The van der Waals surface area contributed by atoms with Crippen LogP contribution in [0.2, 0.25) is 5.02 Å². The number of anilines is 1. The average molecular weight is 757 g/mol. The normalized spacial score (nSPS) is 14.6. The molecular weight excluding hydrogens is 713 g/mol. The Labute approximate surface area is 311 Å². The lowest BCUT2D eigenvalue weighted by Crippen LogP contribution is -2.50. The predicted octanol–water partition coefficient (Wildman–Crippen LogP) is 7.12. The zero-order valence-electron chi connectivity index (χ0n) is 29.9. The number of nitrogens with two attached hydrogens (primary N) is 1. The third-order valence-electron chi connectivity index (χ3n) is 8.46. The molecule has 4 aromatic rings. The molecule has 4 N–H and O–H groups in total. The number of carbonyl (C=O) groups excluding carboxylic acids is 2. The number of aryl methyl sites for hydroxylation is 1. The zero-order chi connectivity index (χ0) is 38.2. The number of benzene rings is 3. The van der Waals surface area contributed by atoms with Crippen LogP contribution in [0.1, 0.15) is 43.9 Å². The topological polar surface area (TPSA) is 135 Å². The zero-order valence-corrected chi connectivity index (χ0v) is 30.6. The molecule has 1 aromatic heterocycles. The lowest BCUT2D eigenvalue weighted by molar-refractivity contribution is -0.137. The highest BCUT2D eigenvalue weighted by Gasteiger charge is 2.30. The lowest BCUT2D eigenvalue weighted by Gasteiger charge is -2.35. The lowest BCUT2D eigenvalue weighted by atomic mass is 9.98. The second-order valence-corrected chi connectivity index (χ2v) is 14.0. The molecular formula is C38H44ClF3N6O5. The van der Waals surface area contributed by atoms with E-state index >= 15 is 0 Å². The average Bonchev–Trinajstić information content (AvgIpc) is 3.50. The summed E-state index contributed by atoms with van der Waals surface area (Å²) in [6, 6.07) is 16.8. The van der Waals surface area contributed by atoms with E-state index in [9.17, 15) is 22.8 Å². The number of nitrogens with one attached hydrogen (secondary N) is 2. The maximum atomic E-state index is 13.6. The number of hydrogen-bond donors (Lipinski definition) is 3. The van der Waals surface area contributed by atoms with Gasteiger partial charge >= 0.3 is 12.3 Å². The van der Waals surface area contributed by atoms with Crippen molar-refractivity contribution in [2.45, 2.75) is 45.4 Å². The van der Waals surface area contributed by atoms with Crippen LogP contribution in [0.4, 0.5) is 23.9 Å². The number of hydrogen-bond acceptors (Lipinski definition) is 8. The van der Waals surface area contributed by atoms with Crippen LogP contribution >= 0.6 is 11.6 Å². The summed E-state index contributed by atoms with van der Waals surface area (Å²) in [5.41, 5.74) is 7.73. The van der Waals surface area contributed by atoms with Crippen LogP contribution in [0, 0.1) is 0 Å². The molecule has 0 spiro atoms. The highest BCUT2D eigenvalue weighted by molar-refractivity contribution is 6.31. The summed E-state index contributed by atoms with van der Waals surface area (Å²) in [7, 11) is 0.